The van der Waals surface area contributed by atoms with E-state index in [1.165, 1.54) is 0 Å². The van der Waals surface area contributed by atoms with Crippen LogP contribution in [-0.4, -0.2) is 42.6 Å². The van der Waals surface area contributed by atoms with Crippen LogP contribution in [0.15, 0.2) is 0 Å². The molecule has 1 heterocycles. The first-order chi connectivity index (χ1) is 7.50. The predicted molar refractivity (Wildman–Crippen MR) is 71.3 cm³/mol. The highest BCUT2D eigenvalue weighted by atomic mass is 35.5. The molecule has 0 aliphatic carbocycles. The summed E-state index contributed by atoms with van der Waals surface area (Å²) in [5.41, 5.74) is 5.58. The van der Waals surface area contributed by atoms with Crippen LogP contribution in [0.3, 0.4) is 0 Å². The van der Waals surface area contributed by atoms with E-state index in [9.17, 15) is 4.79 Å². The summed E-state index contributed by atoms with van der Waals surface area (Å²) in [6, 6.07) is -0.381. The van der Waals surface area contributed by atoms with E-state index < -0.39 is 0 Å². The quantitative estimate of drug-likeness (QED) is 0.836. The van der Waals surface area contributed by atoms with Crippen molar-refractivity contribution in [2.75, 3.05) is 19.7 Å². The standard InChI is InChI=1S/C12H24N2O2.ClH/c1-9(2)8-16-11-4-6-14(7-5-11)12(15)10(3)13;/h9-11H,4-8,13H2,1-3H3;1H/t10-;/m1./s1. The molecular weight excluding hydrogens is 240 g/mol. The van der Waals surface area contributed by atoms with Crippen LogP contribution < -0.4 is 5.73 Å². The molecule has 5 heteroatoms. The lowest BCUT2D eigenvalue weighted by Gasteiger charge is -2.33. The third kappa shape index (κ3) is 5.70. The van der Waals surface area contributed by atoms with Crippen LogP contribution in [0.25, 0.3) is 0 Å². The number of carbonyl (C=O) groups excluding carboxylic acids is 1. The molecule has 1 fully saturated rings. The first-order valence-electron chi connectivity index (χ1n) is 6.16. The van der Waals surface area contributed by atoms with Crippen molar-refractivity contribution in [1.29, 1.82) is 0 Å². The Kier molecular flexibility index (Phi) is 7.75. The summed E-state index contributed by atoms with van der Waals surface area (Å²) in [7, 11) is 0. The zero-order valence-corrected chi connectivity index (χ0v) is 11.8. The number of halogens is 1. The predicted octanol–water partition coefficient (Wildman–Crippen LogP) is 1.42. The Morgan fingerprint density at radius 2 is 1.88 bits per heavy atom. The zero-order chi connectivity index (χ0) is 12.1. The molecule has 1 aliphatic heterocycles. The molecule has 0 radical (unpaired) electrons. The Morgan fingerprint density at radius 1 is 1.35 bits per heavy atom. The van der Waals surface area contributed by atoms with Gasteiger partial charge in [0.05, 0.1) is 12.1 Å². The fourth-order valence-corrected chi connectivity index (χ4v) is 1.86. The maximum Gasteiger partial charge on any atom is 0.239 e. The molecule has 0 spiro atoms. The number of piperidine rings is 1. The number of nitrogens with two attached hydrogens (primary N) is 1. The van der Waals surface area contributed by atoms with Gasteiger partial charge in [-0.05, 0) is 25.7 Å². The first kappa shape index (κ1) is 16.7. The van der Waals surface area contributed by atoms with E-state index in [0.29, 0.717) is 12.0 Å². The van der Waals surface area contributed by atoms with Crippen LogP contribution in [0.5, 0.6) is 0 Å². The highest BCUT2D eigenvalue weighted by molar-refractivity contribution is 5.85. The normalized spacial score (nSPS) is 19.0. The number of carbonyl (C=O) groups is 1. The summed E-state index contributed by atoms with van der Waals surface area (Å²) < 4.78 is 5.76. The van der Waals surface area contributed by atoms with Crippen LogP contribution >= 0.6 is 12.4 Å². The van der Waals surface area contributed by atoms with Crippen molar-refractivity contribution in [3.8, 4) is 0 Å². The molecule has 1 aliphatic rings. The number of hydrogen-bond donors (Lipinski definition) is 1. The van der Waals surface area contributed by atoms with Crippen LogP contribution in [0, 0.1) is 5.92 Å². The van der Waals surface area contributed by atoms with E-state index in [1.54, 1.807) is 6.92 Å². The third-order valence-electron chi connectivity index (χ3n) is 2.81. The largest absolute Gasteiger partial charge is 0.378 e. The van der Waals surface area contributed by atoms with Gasteiger partial charge in [0.1, 0.15) is 0 Å². The van der Waals surface area contributed by atoms with Crippen molar-refractivity contribution in [3.05, 3.63) is 0 Å². The van der Waals surface area contributed by atoms with E-state index in [0.717, 1.165) is 32.5 Å². The number of ether oxygens (including phenoxy) is 1. The van der Waals surface area contributed by atoms with Gasteiger partial charge in [-0.1, -0.05) is 13.8 Å². The highest BCUT2D eigenvalue weighted by Gasteiger charge is 2.24. The van der Waals surface area contributed by atoms with E-state index in [4.69, 9.17) is 10.5 Å². The van der Waals surface area contributed by atoms with E-state index in [1.807, 2.05) is 4.90 Å². The van der Waals surface area contributed by atoms with E-state index in [2.05, 4.69) is 13.8 Å². The van der Waals surface area contributed by atoms with Gasteiger partial charge >= 0.3 is 0 Å². The van der Waals surface area contributed by atoms with Crippen LogP contribution in [0.4, 0.5) is 0 Å². The maximum atomic E-state index is 11.6. The van der Waals surface area contributed by atoms with Crippen molar-refractivity contribution >= 4 is 18.3 Å². The third-order valence-corrected chi connectivity index (χ3v) is 2.81. The average Bonchev–Trinajstić information content (AvgIpc) is 2.26. The second-order valence-corrected chi connectivity index (χ2v) is 5.04. The van der Waals surface area contributed by atoms with Gasteiger partial charge in [0.15, 0.2) is 0 Å². The fourth-order valence-electron chi connectivity index (χ4n) is 1.86. The number of amides is 1. The first-order valence-corrected chi connectivity index (χ1v) is 6.16. The van der Waals surface area contributed by atoms with Gasteiger partial charge in [0.25, 0.3) is 0 Å². The molecule has 17 heavy (non-hydrogen) atoms. The Hall–Kier alpha value is -0.320. The molecule has 0 saturated carbocycles. The van der Waals surface area contributed by atoms with Crippen molar-refractivity contribution in [2.45, 2.75) is 45.8 Å². The Balaban J connectivity index is 0.00000256. The molecular formula is C12H25ClN2O2. The zero-order valence-electron chi connectivity index (χ0n) is 11.0. The Morgan fingerprint density at radius 3 is 2.29 bits per heavy atom. The molecule has 0 aromatic heterocycles. The van der Waals surface area contributed by atoms with Crippen molar-refractivity contribution in [3.63, 3.8) is 0 Å². The molecule has 4 nitrogen and oxygen atoms in total. The van der Waals surface area contributed by atoms with E-state index in [-0.39, 0.29) is 24.4 Å². The van der Waals surface area contributed by atoms with Crippen LogP contribution in [0.2, 0.25) is 0 Å². The summed E-state index contributed by atoms with van der Waals surface area (Å²) in [4.78, 5) is 13.5. The fraction of sp³-hybridized carbons (Fsp3) is 0.917. The van der Waals surface area contributed by atoms with E-state index >= 15 is 0 Å². The molecule has 1 amide bonds. The SMILES string of the molecule is CC(C)COC1CCN(C(=O)[C@@H](C)N)CC1.Cl. The number of rotatable bonds is 4. The topological polar surface area (TPSA) is 55.6 Å². The van der Waals surface area contributed by atoms with Crippen molar-refractivity contribution in [2.24, 2.45) is 11.7 Å². The number of nitrogens with zero attached hydrogens (tertiary/aromatic N) is 1. The minimum atomic E-state index is -0.381. The smallest absolute Gasteiger partial charge is 0.239 e. The number of hydrogen-bond acceptors (Lipinski definition) is 3. The molecule has 1 rings (SSSR count). The molecule has 0 bridgehead atoms. The van der Waals surface area contributed by atoms with Gasteiger partial charge in [0, 0.05) is 19.7 Å². The van der Waals surface area contributed by atoms with Gasteiger partial charge in [-0.2, -0.15) is 0 Å². The Labute approximate surface area is 110 Å². The minimum Gasteiger partial charge on any atom is -0.378 e. The molecule has 1 atom stereocenters. The molecule has 0 aromatic carbocycles. The molecule has 2 N–H and O–H groups in total. The lowest BCUT2D eigenvalue weighted by molar-refractivity contribution is -0.135. The lowest BCUT2D eigenvalue weighted by Crippen LogP contribution is -2.47. The van der Waals surface area contributed by atoms with Gasteiger partial charge in [-0.3, -0.25) is 4.79 Å². The lowest BCUT2D eigenvalue weighted by atomic mass is 10.1. The highest BCUT2D eigenvalue weighted by Crippen LogP contribution is 2.15. The summed E-state index contributed by atoms with van der Waals surface area (Å²) in [5, 5.41) is 0. The minimum absolute atomic E-state index is 0. The summed E-state index contributed by atoms with van der Waals surface area (Å²) in [6.07, 6.45) is 2.19. The molecule has 102 valence electrons. The van der Waals surface area contributed by atoms with Crippen LogP contribution in [0.1, 0.15) is 33.6 Å². The van der Waals surface area contributed by atoms with Gasteiger partial charge < -0.3 is 15.4 Å². The van der Waals surface area contributed by atoms with Crippen molar-refractivity contribution < 1.29 is 9.53 Å². The van der Waals surface area contributed by atoms with Gasteiger partial charge in [0.2, 0.25) is 5.91 Å². The second kappa shape index (κ2) is 7.90. The molecule has 0 unspecified atom stereocenters. The molecule has 0 aromatic rings. The number of likely N-dealkylation sites (tertiary alicyclic amines) is 1. The molecule has 1 saturated heterocycles. The monoisotopic (exact) mass is 264 g/mol. The van der Waals surface area contributed by atoms with Gasteiger partial charge in [-0.25, -0.2) is 0 Å². The Bertz CT molecular complexity index is 227. The summed E-state index contributed by atoms with van der Waals surface area (Å²) in [5.74, 6) is 0.631. The summed E-state index contributed by atoms with van der Waals surface area (Å²) in [6.45, 7) is 8.41. The van der Waals surface area contributed by atoms with Crippen molar-refractivity contribution in [1.82, 2.24) is 4.90 Å². The maximum absolute atomic E-state index is 11.6. The van der Waals surface area contributed by atoms with Crippen LogP contribution in [-0.2, 0) is 9.53 Å². The van der Waals surface area contributed by atoms with Gasteiger partial charge in [-0.15, -0.1) is 12.4 Å². The summed E-state index contributed by atoms with van der Waals surface area (Å²) >= 11 is 0. The average molecular weight is 265 g/mol. The second-order valence-electron chi connectivity index (χ2n) is 5.04.